The van der Waals surface area contributed by atoms with Crippen molar-refractivity contribution in [3.63, 3.8) is 0 Å². The molecule has 1 fully saturated rings. The highest BCUT2D eigenvalue weighted by Gasteiger charge is 2.21. The fourth-order valence-corrected chi connectivity index (χ4v) is 3.14. The molecule has 126 valence electrons. The first-order valence-electron chi connectivity index (χ1n) is 8.54. The molecule has 3 rings (SSSR count). The molecule has 0 unspecified atom stereocenters. The molecule has 2 heterocycles. The summed E-state index contributed by atoms with van der Waals surface area (Å²) in [6, 6.07) is 8.49. The number of hydrogen-bond acceptors (Lipinski definition) is 3. The molecule has 0 aromatic heterocycles. The number of nitrogens with one attached hydrogen (secondary N) is 1. The lowest BCUT2D eigenvalue weighted by atomic mass is 10.0. The maximum absolute atomic E-state index is 12.4. The molecule has 23 heavy (non-hydrogen) atoms. The van der Waals surface area contributed by atoms with Crippen molar-refractivity contribution >= 4 is 6.03 Å². The molecule has 2 amide bonds. The molecule has 1 aromatic carbocycles. The van der Waals surface area contributed by atoms with E-state index in [1.165, 1.54) is 11.1 Å². The minimum atomic E-state index is 0.00808. The Morgan fingerprint density at radius 1 is 1.35 bits per heavy atom. The number of nitrogens with zero attached hydrogens (tertiary/aromatic N) is 1. The van der Waals surface area contributed by atoms with Gasteiger partial charge < -0.3 is 19.7 Å². The van der Waals surface area contributed by atoms with Crippen molar-refractivity contribution in [1.29, 1.82) is 0 Å². The van der Waals surface area contributed by atoms with Crippen LogP contribution < -0.4 is 5.32 Å². The van der Waals surface area contributed by atoms with Gasteiger partial charge in [0.1, 0.15) is 0 Å². The first kappa shape index (κ1) is 16.3. The van der Waals surface area contributed by atoms with Crippen molar-refractivity contribution in [2.75, 3.05) is 32.9 Å². The van der Waals surface area contributed by atoms with E-state index in [0.717, 1.165) is 39.0 Å². The zero-order chi connectivity index (χ0) is 16.1. The van der Waals surface area contributed by atoms with Gasteiger partial charge in [-0.05, 0) is 37.3 Å². The molecule has 2 aliphatic heterocycles. The van der Waals surface area contributed by atoms with E-state index in [1.54, 1.807) is 0 Å². The average molecular weight is 318 g/mol. The maximum Gasteiger partial charge on any atom is 0.317 e. The number of rotatable bonds is 4. The Morgan fingerprint density at radius 3 is 2.65 bits per heavy atom. The number of carbonyl (C=O) groups excluding carboxylic acids is 1. The fraction of sp³-hybridized carbons (Fsp3) is 0.611. The van der Waals surface area contributed by atoms with Crippen LogP contribution >= 0.6 is 0 Å². The summed E-state index contributed by atoms with van der Waals surface area (Å²) >= 11 is 0. The molecule has 0 saturated carbocycles. The summed E-state index contributed by atoms with van der Waals surface area (Å²) in [5.74, 6) is 0. The van der Waals surface area contributed by atoms with E-state index in [0.29, 0.717) is 13.2 Å². The van der Waals surface area contributed by atoms with Gasteiger partial charge in [0.25, 0.3) is 0 Å². The first-order chi connectivity index (χ1) is 11.2. The predicted molar refractivity (Wildman–Crippen MR) is 88.6 cm³/mol. The standard InChI is InChI=1S/C18H26N2O3/c1-14(12-23-17-8-11-22-13-17)19-18(21)20-9-6-15-4-2-3-5-16(15)7-10-20/h2-5,14,17H,6-13H2,1H3,(H,19,21)/t14-,17-/m0/s1. The summed E-state index contributed by atoms with van der Waals surface area (Å²) < 4.78 is 11.1. The molecule has 2 aliphatic rings. The summed E-state index contributed by atoms with van der Waals surface area (Å²) in [4.78, 5) is 14.4. The Kier molecular flexibility index (Phi) is 5.51. The number of fused-ring (bicyclic) bond motifs is 1. The Bertz CT molecular complexity index is 502. The zero-order valence-electron chi connectivity index (χ0n) is 13.8. The normalized spacial score (nSPS) is 22.3. The van der Waals surface area contributed by atoms with Gasteiger partial charge in [0.2, 0.25) is 0 Å². The Morgan fingerprint density at radius 2 is 2.04 bits per heavy atom. The van der Waals surface area contributed by atoms with Crippen LogP contribution in [0.2, 0.25) is 0 Å². The molecule has 2 atom stereocenters. The van der Waals surface area contributed by atoms with Crippen LogP contribution in [0.5, 0.6) is 0 Å². The topological polar surface area (TPSA) is 50.8 Å². The van der Waals surface area contributed by atoms with Crippen LogP contribution in [0.1, 0.15) is 24.5 Å². The van der Waals surface area contributed by atoms with Gasteiger partial charge in [-0.1, -0.05) is 24.3 Å². The zero-order valence-corrected chi connectivity index (χ0v) is 13.8. The van der Waals surface area contributed by atoms with E-state index in [4.69, 9.17) is 9.47 Å². The molecule has 5 heteroatoms. The van der Waals surface area contributed by atoms with E-state index < -0.39 is 0 Å². The Balaban J connectivity index is 1.45. The van der Waals surface area contributed by atoms with Gasteiger partial charge in [-0.15, -0.1) is 0 Å². The second kappa shape index (κ2) is 7.79. The number of ether oxygens (including phenoxy) is 2. The summed E-state index contributed by atoms with van der Waals surface area (Å²) in [6.07, 6.45) is 2.98. The number of urea groups is 1. The van der Waals surface area contributed by atoms with Crippen molar-refractivity contribution in [2.45, 2.75) is 38.3 Å². The van der Waals surface area contributed by atoms with Gasteiger partial charge in [0.05, 0.1) is 25.4 Å². The van der Waals surface area contributed by atoms with Crippen LogP contribution in [-0.4, -0.2) is 56.0 Å². The molecule has 1 aromatic rings. The Hall–Kier alpha value is -1.59. The van der Waals surface area contributed by atoms with Crippen molar-refractivity contribution in [3.05, 3.63) is 35.4 Å². The van der Waals surface area contributed by atoms with E-state index in [-0.39, 0.29) is 18.2 Å². The molecular formula is C18H26N2O3. The maximum atomic E-state index is 12.4. The van der Waals surface area contributed by atoms with Crippen LogP contribution in [0.25, 0.3) is 0 Å². The molecule has 0 spiro atoms. The lowest BCUT2D eigenvalue weighted by Gasteiger charge is -2.24. The van der Waals surface area contributed by atoms with Crippen LogP contribution in [-0.2, 0) is 22.3 Å². The number of benzene rings is 1. The number of amides is 2. The van der Waals surface area contributed by atoms with Crippen molar-refractivity contribution in [2.24, 2.45) is 0 Å². The van der Waals surface area contributed by atoms with E-state index >= 15 is 0 Å². The quantitative estimate of drug-likeness (QED) is 0.924. The number of carbonyl (C=O) groups is 1. The third kappa shape index (κ3) is 4.45. The highest BCUT2D eigenvalue weighted by Crippen LogP contribution is 2.15. The first-order valence-corrected chi connectivity index (χ1v) is 8.54. The van der Waals surface area contributed by atoms with Gasteiger partial charge in [-0.25, -0.2) is 4.79 Å². The average Bonchev–Trinajstić information content (AvgIpc) is 2.98. The van der Waals surface area contributed by atoms with Crippen molar-refractivity contribution in [1.82, 2.24) is 10.2 Å². The van der Waals surface area contributed by atoms with Crippen molar-refractivity contribution < 1.29 is 14.3 Å². The minimum absolute atomic E-state index is 0.00808. The third-order valence-electron chi connectivity index (χ3n) is 4.55. The van der Waals surface area contributed by atoms with Crippen LogP contribution in [0, 0.1) is 0 Å². The smallest absolute Gasteiger partial charge is 0.317 e. The third-order valence-corrected chi connectivity index (χ3v) is 4.55. The minimum Gasteiger partial charge on any atom is -0.379 e. The summed E-state index contributed by atoms with van der Waals surface area (Å²) in [6.45, 7) is 5.51. The molecule has 0 bridgehead atoms. The van der Waals surface area contributed by atoms with Crippen LogP contribution in [0.4, 0.5) is 4.79 Å². The lowest BCUT2D eigenvalue weighted by molar-refractivity contribution is 0.0331. The molecule has 1 saturated heterocycles. The second-order valence-corrected chi connectivity index (χ2v) is 6.43. The van der Waals surface area contributed by atoms with E-state index in [2.05, 4.69) is 29.6 Å². The van der Waals surface area contributed by atoms with Crippen LogP contribution in [0.3, 0.4) is 0 Å². The number of hydrogen-bond donors (Lipinski definition) is 1. The second-order valence-electron chi connectivity index (χ2n) is 6.43. The monoisotopic (exact) mass is 318 g/mol. The summed E-state index contributed by atoms with van der Waals surface area (Å²) in [5.41, 5.74) is 2.72. The highest BCUT2D eigenvalue weighted by molar-refractivity contribution is 5.74. The van der Waals surface area contributed by atoms with Gasteiger partial charge in [0.15, 0.2) is 0 Å². The predicted octanol–water partition coefficient (Wildman–Crippen LogP) is 1.99. The molecule has 5 nitrogen and oxygen atoms in total. The van der Waals surface area contributed by atoms with E-state index in [9.17, 15) is 4.79 Å². The highest BCUT2D eigenvalue weighted by atomic mass is 16.5. The lowest BCUT2D eigenvalue weighted by Crippen LogP contribution is -2.46. The van der Waals surface area contributed by atoms with Gasteiger partial charge in [-0.2, -0.15) is 0 Å². The Labute approximate surface area is 137 Å². The molecule has 0 aliphatic carbocycles. The van der Waals surface area contributed by atoms with Gasteiger partial charge >= 0.3 is 6.03 Å². The summed E-state index contributed by atoms with van der Waals surface area (Å²) in [5, 5.41) is 3.05. The fourth-order valence-electron chi connectivity index (χ4n) is 3.14. The van der Waals surface area contributed by atoms with E-state index in [1.807, 2.05) is 11.8 Å². The largest absolute Gasteiger partial charge is 0.379 e. The van der Waals surface area contributed by atoms with Gasteiger partial charge in [0, 0.05) is 19.7 Å². The van der Waals surface area contributed by atoms with Gasteiger partial charge in [-0.3, -0.25) is 0 Å². The van der Waals surface area contributed by atoms with Crippen LogP contribution in [0.15, 0.2) is 24.3 Å². The molecule has 0 radical (unpaired) electrons. The molecule has 1 N–H and O–H groups in total. The van der Waals surface area contributed by atoms with Crippen molar-refractivity contribution in [3.8, 4) is 0 Å². The SMILES string of the molecule is C[C@@H](CO[C@H]1CCOC1)NC(=O)N1CCc2ccccc2CC1. The summed E-state index contributed by atoms with van der Waals surface area (Å²) in [7, 11) is 0. The molecular weight excluding hydrogens is 292 g/mol.